The van der Waals surface area contributed by atoms with Gasteiger partial charge in [-0.1, -0.05) is 18.0 Å². The summed E-state index contributed by atoms with van der Waals surface area (Å²) in [5.41, 5.74) is 0. The molecule has 0 aliphatic rings. The lowest BCUT2D eigenvalue weighted by Gasteiger charge is -1.77. The van der Waals surface area contributed by atoms with Gasteiger partial charge in [0.2, 0.25) is 0 Å². The molecule has 1 aromatic rings. The van der Waals surface area contributed by atoms with E-state index in [2.05, 4.69) is 11.1 Å². The molecule has 0 N–H and O–H groups in total. The first-order valence-electron chi connectivity index (χ1n) is 2.01. The first kappa shape index (κ1) is 5.20. The van der Waals surface area contributed by atoms with Crippen LogP contribution in [0.5, 0.6) is 0 Å². The Morgan fingerprint density at radius 1 is 1.88 bits per heavy atom. The van der Waals surface area contributed by atoms with Crippen LogP contribution in [0.1, 0.15) is 0 Å². The molecule has 1 aromatic heterocycles. The van der Waals surface area contributed by atoms with Gasteiger partial charge in [-0.2, -0.15) is 4.68 Å². The zero-order chi connectivity index (χ0) is 5.98. The second-order valence-corrected chi connectivity index (χ2v) is 1.60. The summed E-state index contributed by atoms with van der Waals surface area (Å²) >= 11 is 5.41. The number of hydrogen-bond donors (Lipinski definition) is 0. The predicted octanol–water partition coefficient (Wildman–Crippen LogP) is 0.975. The van der Waals surface area contributed by atoms with Gasteiger partial charge in [0.05, 0.1) is 0 Å². The van der Waals surface area contributed by atoms with Crippen molar-refractivity contribution in [2.24, 2.45) is 0 Å². The number of nitrogens with zero attached hydrogens (tertiary/aromatic N) is 2. The fourth-order valence-corrected chi connectivity index (χ4v) is 0.511. The summed E-state index contributed by atoms with van der Waals surface area (Å²) in [6.45, 7) is 0. The fourth-order valence-electron chi connectivity index (χ4n) is 0.374. The summed E-state index contributed by atoms with van der Waals surface area (Å²) in [6.07, 6.45) is 6.57. The van der Waals surface area contributed by atoms with E-state index in [1.165, 1.54) is 4.68 Å². The lowest BCUT2D eigenvalue weighted by atomic mass is 10.7. The van der Waals surface area contributed by atoms with Crippen LogP contribution < -0.4 is 0 Å². The molecular formula is C5H3ClN2. The lowest BCUT2D eigenvalue weighted by Crippen LogP contribution is -1.85. The molecule has 8 heavy (non-hydrogen) atoms. The maximum Gasteiger partial charge on any atom is 0.152 e. The molecule has 0 unspecified atom stereocenters. The minimum Gasteiger partial charge on any atom is -0.196 e. The van der Waals surface area contributed by atoms with Crippen LogP contribution >= 0.6 is 11.6 Å². The Morgan fingerprint density at radius 2 is 2.62 bits per heavy atom. The molecule has 0 spiro atoms. The predicted molar refractivity (Wildman–Crippen MR) is 31.5 cm³/mol. The number of hydrogen-bond acceptors (Lipinski definition) is 1. The average Bonchev–Trinajstić information content (AvgIpc) is 2.14. The number of terminal acetylenes is 1. The highest BCUT2D eigenvalue weighted by Gasteiger charge is 1.87. The molecule has 0 fully saturated rings. The average molecular weight is 127 g/mol. The van der Waals surface area contributed by atoms with E-state index in [0.717, 1.165) is 0 Å². The third-order valence-electron chi connectivity index (χ3n) is 0.689. The van der Waals surface area contributed by atoms with Gasteiger partial charge in [0.15, 0.2) is 5.15 Å². The van der Waals surface area contributed by atoms with Crippen molar-refractivity contribution >= 4 is 11.6 Å². The van der Waals surface area contributed by atoms with E-state index in [-0.39, 0.29) is 0 Å². The van der Waals surface area contributed by atoms with Gasteiger partial charge < -0.3 is 0 Å². The quantitative estimate of drug-likeness (QED) is 0.474. The summed E-state index contributed by atoms with van der Waals surface area (Å²) in [5.74, 6) is 0. The number of rotatable bonds is 0. The Balaban J connectivity index is 3.05. The Hall–Kier alpha value is -0.940. The second kappa shape index (κ2) is 1.89. The molecule has 1 heterocycles. The van der Waals surface area contributed by atoms with Gasteiger partial charge in [0, 0.05) is 12.2 Å². The van der Waals surface area contributed by atoms with Crippen molar-refractivity contribution in [2.45, 2.75) is 0 Å². The van der Waals surface area contributed by atoms with Gasteiger partial charge in [-0.25, -0.2) is 0 Å². The topological polar surface area (TPSA) is 17.8 Å². The van der Waals surface area contributed by atoms with Crippen LogP contribution in [0.15, 0.2) is 12.3 Å². The largest absolute Gasteiger partial charge is 0.196 e. The van der Waals surface area contributed by atoms with E-state index in [9.17, 15) is 0 Å². The molecule has 3 heteroatoms. The van der Waals surface area contributed by atoms with Crippen LogP contribution in [-0.2, 0) is 0 Å². The molecule has 0 radical (unpaired) electrons. The standard InChI is InChI=1S/C5H3ClN2/c1-2-8-4-3-5(6)7-8/h1,3-4H. The molecule has 1 rings (SSSR count). The summed E-state index contributed by atoms with van der Waals surface area (Å²) < 4.78 is 1.31. The highest BCUT2D eigenvalue weighted by molar-refractivity contribution is 6.29. The molecule has 2 nitrogen and oxygen atoms in total. The minimum atomic E-state index is 0.419. The Bertz CT molecular complexity index is 221. The molecule has 0 aliphatic heterocycles. The molecule has 0 bridgehead atoms. The van der Waals surface area contributed by atoms with Crippen LogP contribution in [0.25, 0.3) is 0 Å². The first-order valence-corrected chi connectivity index (χ1v) is 2.38. The van der Waals surface area contributed by atoms with Crippen LogP contribution in [0.4, 0.5) is 0 Å². The van der Waals surface area contributed by atoms with Gasteiger partial charge in [0.1, 0.15) is 0 Å². The maximum absolute atomic E-state index is 5.41. The molecule has 0 saturated heterocycles. The molecule has 0 aromatic carbocycles. The summed E-state index contributed by atoms with van der Waals surface area (Å²) in [4.78, 5) is 0. The van der Waals surface area contributed by atoms with E-state index < -0.39 is 0 Å². The summed E-state index contributed by atoms with van der Waals surface area (Å²) in [5, 5.41) is 4.09. The van der Waals surface area contributed by atoms with Crippen LogP contribution in [0.3, 0.4) is 0 Å². The second-order valence-electron chi connectivity index (χ2n) is 1.21. The van der Waals surface area contributed by atoms with Gasteiger partial charge in [0.25, 0.3) is 0 Å². The number of halogens is 1. The van der Waals surface area contributed by atoms with Crippen LogP contribution in [0, 0.1) is 12.5 Å². The van der Waals surface area contributed by atoms with Gasteiger partial charge in [-0.15, -0.1) is 5.10 Å². The molecular weight excluding hydrogens is 124 g/mol. The maximum atomic E-state index is 5.41. The Labute approximate surface area is 52.1 Å². The smallest absolute Gasteiger partial charge is 0.152 e. The van der Waals surface area contributed by atoms with Crippen molar-refractivity contribution < 1.29 is 0 Å². The molecule has 0 atom stereocenters. The summed E-state index contributed by atoms with van der Waals surface area (Å²) in [7, 11) is 0. The highest BCUT2D eigenvalue weighted by atomic mass is 35.5. The monoisotopic (exact) mass is 126 g/mol. The van der Waals surface area contributed by atoms with E-state index in [4.69, 9.17) is 18.0 Å². The first-order chi connectivity index (χ1) is 3.83. The highest BCUT2D eigenvalue weighted by Crippen LogP contribution is 1.99. The minimum absolute atomic E-state index is 0.419. The van der Waals surface area contributed by atoms with Crippen LogP contribution in [0.2, 0.25) is 5.15 Å². The zero-order valence-corrected chi connectivity index (χ0v) is 4.76. The molecule has 0 aliphatic carbocycles. The van der Waals surface area contributed by atoms with Crippen LogP contribution in [-0.4, -0.2) is 9.78 Å². The van der Waals surface area contributed by atoms with Crippen molar-refractivity contribution in [3.8, 4) is 12.5 Å². The van der Waals surface area contributed by atoms with Gasteiger partial charge >= 0.3 is 0 Å². The van der Waals surface area contributed by atoms with E-state index in [0.29, 0.717) is 5.15 Å². The van der Waals surface area contributed by atoms with Gasteiger partial charge in [-0.05, 0) is 6.07 Å². The SMILES string of the molecule is C#Cn1ccc(Cl)n1. The molecule has 0 amide bonds. The fraction of sp³-hybridized carbons (Fsp3) is 0. The van der Waals surface area contributed by atoms with E-state index >= 15 is 0 Å². The van der Waals surface area contributed by atoms with Crippen molar-refractivity contribution in [2.75, 3.05) is 0 Å². The zero-order valence-electron chi connectivity index (χ0n) is 4.00. The van der Waals surface area contributed by atoms with Gasteiger partial charge in [-0.3, -0.25) is 0 Å². The molecule has 40 valence electrons. The molecule has 0 saturated carbocycles. The van der Waals surface area contributed by atoms with Crippen molar-refractivity contribution in [3.05, 3.63) is 17.4 Å². The normalized spacial score (nSPS) is 8.50. The number of aromatic nitrogens is 2. The van der Waals surface area contributed by atoms with Crippen molar-refractivity contribution in [1.82, 2.24) is 9.78 Å². The van der Waals surface area contributed by atoms with E-state index in [1.807, 2.05) is 0 Å². The third-order valence-corrected chi connectivity index (χ3v) is 0.890. The lowest BCUT2D eigenvalue weighted by molar-refractivity contribution is 0.918. The Kier molecular flexibility index (Phi) is 1.23. The third kappa shape index (κ3) is 0.824. The Morgan fingerprint density at radius 3 is 2.88 bits per heavy atom. The van der Waals surface area contributed by atoms with Crippen molar-refractivity contribution in [1.29, 1.82) is 0 Å². The van der Waals surface area contributed by atoms with E-state index in [1.54, 1.807) is 12.3 Å². The van der Waals surface area contributed by atoms with Crippen molar-refractivity contribution in [3.63, 3.8) is 0 Å². The summed E-state index contributed by atoms with van der Waals surface area (Å²) in [6, 6.07) is 3.90.